The molecule has 3 rings (SSSR count). The topological polar surface area (TPSA) is 118 Å². The molecule has 0 bridgehead atoms. The van der Waals surface area contributed by atoms with Crippen molar-refractivity contribution in [2.75, 3.05) is 14.2 Å². The lowest BCUT2D eigenvalue weighted by molar-refractivity contribution is -0.166. The highest BCUT2D eigenvalue weighted by Gasteiger charge is 2.24. The number of sulfone groups is 1. The molecule has 182 valence electrons. The molecule has 1 aliphatic rings. The van der Waals surface area contributed by atoms with Crippen LogP contribution in [0.4, 0.5) is 0 Å². The largest absolute Gasteiger partial charge is 0.497 e. The Balaban J connectivity index is 0.00000385. The number of hydrazine groups is 1. The molecule has 1 fully saturated rings. The number of nitrogens with one attached hydrogen (secondary N) is 1. The van der Waals surface area contributed by atoms with E-state index in [0.29, 0.717) is 22.9 Å². The van der Waals surface area contributed by atoms with Crippen molar-refractivity contribution in [3.63, 3.8) is 0 Å². The van der Waals surface area contributed by atoms with E-state index in [0.717, 1.165) is 25.7 Å². The third-order valence-corrected chi connectivity index (χ3v) is 7.30. The molecule has 2 aromatic rings. The molecule has 1 aliphatic carbocycles. The second-order valence-electron chi connectivity index (χ2n) is 7.86. The van der Waals surface area contributed by atoms with Crippen molar-refractivity contribution in [3.8, 4) is 5.75 Å². The number of carbonyl (C=O) groups excluding carboxylic acids is 1. The van der Waals surface area contributed by atoms with Gasteiger partial charge in [0.2, 0.25) is 15.7 Å². The van der Waals surface area contributed by atoms with Crippen LogP contribution in [-0.4, -0.2) is 50.0 Å². The van der Waals surface area contributed by atoms with Gasteiger partial charge in [-0.05, 0) is 73.6 Å². The van der Waals surface area contributed by atoms with Crippen LogP contribution in [0.5, 0.6) is 5.75 Å². The molecule has 0 aliphatic heterocycles. The SMILES string of the molecule is COc1ccc(S(=O)(=O)c2cc(CN(O)NC(=O)C[C@H]3CC[C@H](OC)CC3)ccn2)cc1.Cl. The second-order valence-corrected chi connectivity index (χ2v) is 9.75. The first-order valence-electron chi connectivity index (χ1n) is 10.4. The summed E-state index contributed by atoms with van der Waals surface area (Å²) in [5, 5.41) is 10.7. The van der Waals surface area contributed by atoms with Crippen molar-refractivity contribution in [2.24, 2.45) is 5.92 Å². The molecule has 33 heavy (non-hydrogen) atoms. The molecule has 1 aromatic heterocycles. The van der Waals surface area contributed by atoms with Crippen LogP contribution < -0.4 is 10.2 Å². The van der Waals surface area contributed by atoms with Gasteiger partial charge >= 0.3 is 0 Å². The van der Waals surface area contributed by atoms with E-state index in [1.54, 1.807) is 25.3 Å². The molecule has 9 nitrogen and oxygen atoms in total. The Morgan fingerprint density at radius 1 is 1.15 bits per heavy atom. The molecule has 0 saturated heterocycles. The van der Waals surface area contributed by atoms with E-state index in [4.69, 9.17) is 9.47 Å². The van der Waals surface area contributed by atoms with Crippen molar-refractivity contribution in [3.05, 3.63) is 48.2 Å². The number of halogens is 1. The van der Waals surface area contributed by atoms with Crippen molar-refractivity contribution < 1.29 is 27.9 Å². The first kappa shape index (κ1) is 27.0. The molecule has 0 spiro atoms. The number of hydroxylamine groups is 1. The average Bonchev–Trinajstić information content (AvgIpc) is 2.79. The zero-order valence-corrected chi connectivity index (χ0v) is 20.3. The fourth-order valence-corrected chi connectivity index (χ4v) is 5.05. The highest BCUT2D eigenvalue weighted by molar-refractivity contribution is 7.91. The van der Waals surface area contributed by atoms with E-state index < -0.39 is 9.84 Å². The van der Waals surface area contributed by atoms with Crippen LogP contribution in [0.1, 0.15) is 37.7 Å². The average molecular weight is 500 g/mol. The lowest BCUT2D eigenvalue weighted by Gasteiger charge is -2.27. The van der Waals surface area contributed by atoms with Gasteiger partial charge in [0.15, 0.2) is 5.03 Å². The monoisotopic (exact) mass is 499 g/mol. The number of aromatic nitrogens is 1. The zero-order chi connectivity index (χ0) is 23.1. The molecular formula is C22H30ClN3O6S. The van der Waals surface area contributed by atoms with Crippen LogP contribution in [0.25, 0.3) is 0 Å². The third kappa shape index (κ3) is 7.38. The van der Waals surface area contributed by atoms with Crippen LogP contribution in [0.15, 0.2) is 52.5 Å². The molecule has 0 unspecified atom stereocenters. The van der Waals surface area contributed by atoms with Gasteiger partial charge in [-0.2, -0.15) is 0 Å². The lowest BCUT2D eigenvalue weighted by atomic mass is 9.85. The van der Waals surface area contributed by atoms with Gasteiger partial charge in [0.25, 0.3) is 0 Å². The standard InChI is InChI=1S/C22H29N3O6S.ClH/c1-30-18-5-3-16(4-6-18)13-21(26)24-25(27)15-17-11-12-23-22(14-17)32(28,29)20-9-7-19(31-2)8-10-20;/h7-12,14,16,18,27H,3-6,13,15H2,1-2H3,(H,24,26);1H/t16-,18-;. The first-order chi connectivity index (χ1) is 15.3. The van der Waals surface area contributed by atoms with E-state index in [2.05, 4.69) is 10.4 Å². The second kappa shape index (κ2) is 12.3. The van der Waals surface area contributed by atoms with Crippen molar-refractivity contribution in [1.82, 2.24) is 15.6 Å². The number of carbonyl (C=O) groups is 1. The predicted molar refractivity (Wildman–Crippen MR) is 123 cm³/mol. The van der Waals surface area contributed by atoms with E-state index >= 15 is 0 Å². The van der Waals surface area contributed by atoms with Crippen LogP contribution in [0.2, 0.25) is 0 Å². The van der Waals surface area contributed by atoms with E-state index in [-0.39, 0.29) is 46.8 Å². The number of pyridine rings is 1. The maximum Gasteiger partial charge on any atom is 0.236 e. The Labute approximate surface area is 200 Å². The number of hydrogen-bond donors (Lipinski definition) is 2. The smallest absolute Gasteiger partial charge is 0.236 e. The van der Waals surface area contributed by atoms with Crippen LogP contribution in [0.3, 0.4) is 0 Å². The molecule has 0 radical (unpaired) electrons. The molecular weight excluding hydrogens is 470 g/mol. The van der Waals surface area contributed by atoms with E-state index in [9.17, 15) is 18.4 Å². The summed E-state index contributed by atoms with van der Waals surface area (Å²) in [6.45, 7) is -0.0875. The summed E-state index contributed by atoms with van der Waals surface area (Å²) < 4.78 is 36.1. The normalized spacial score (nSPS) is 18.4. The minimum atomic E-state index is -3.84. The van der Waals surface area contributed by atoms with Gasteiger partial charge in [0.05, 0.1) is 24.7 Å². The summed E-state index contributed by atoms with van der Waals surface area (Å²) in [7, 11) is -0.633. The number of nitrogens with zero attached hydrogens (tertiary/aromatic N) is 2. The maximum atomic E-state index is 12.9. The van der Waals surface area contributed by atoms with Crippen molar-refractivity contribution in [1.29, 1.82) is 0 Å². The molecule has 1 heterocycles. The van der Waals surface area contributed by atoms with Gasteiger partial charge in [-0.3, -0.25) is 15.4 Å². The number of rotatable bonds is 9. The summed E-state index contributed by atoms with van der Waals surface area (Å²) in [4.78, 5) is 16.3. The van der Waals surface area contributed by atoms with Gasteiger partial charge in [-0.1, -0.05) is 5.17 Å². The first-order valence-corrected chi connectivity index (χ1v) is 11.9. The molecule has 2 N–H and O–H groups in total. The summed E-state index contributed by atoms with van der Waals surface area (Å²) in [5.74, 6) is 0.523. The summed E-state index contributed by atoms with van der Waals surface area (Å²) in [6, 6.07) is 8.96. The fourth-order valence-electron chi connectivity index (χ4n) is 3.81. The molecule has 1 aromatic carbocycles. The van der Waals surface area contributed by atoms with Crippen LogP contribution >= 0.6 is 12.4 Å². The summed E-state index contributed by atoms with van der Waals surface area (Å²) in [5.41, 5.74) is 2.92. The molecule has 0 atom stereocenters. The Morgan fingerprint density at radius 2 is 1.82 bits per heavy atom. The van der Waals surface area contributed by atoms with Gasteiger partial charge in [0.1, 0.15) is 5.75 Å². The van der Waals surface area contributed by atoms with Gasteiger partial charge in [-0.15, -0.1) is 12.4 Å². The fraction of sp³-hybridized carbons (Fsp3) is 0.455. The van der Waals surface area contributed by atoms with Gasteiger partial charge in [0, 0.05) is 19.7 Å². The third-order valence-electron chi connectivity index (χ3n) is 5.63. The Hall–Kier alpha value is -2.24. The molecule has 1 amide bonds. The Bertz CT molecular complexity index is 1010. The highest BCUT2D eigenvalue weighted by Crippen LogP contribution is 2.28. The Kier molecular flexibility index (Phi) is 10.1. The van der Waals surface area contributed by atoms with Crippen LogP contribution in [0, 0.1) is 5.92 Å². The van der Waals surface area contributed by atoms with E-state index in [1.165, 1.54) is 31.5 Å². The summed E-state index contributed by atoms with van der Waals surface area (Å²) >= 11 is 0. The number of benzene rings is 1. The minimum Gasteiger partial charge on any atom is -0.497 e. The summed E-state index contributed by atoms with van der Waals surface area (Å²) in [6.07, 6.45) is 5.62. The number of hydrogen-bond acceptors (Lipinski definition) is 8. The van der Waals surface area contributed by atoms with Crippen molar-refractivity contribution in [2.45, 2.75) is 54.7 Å². The number of methoxy groups -OCH3 is 2. The highest BCUT2D eigenvalue weighted by atomic mass is 35.5. The number of ether oxygens (including phenoxy) is 2. The minimum absolute atomic E-state index is 0. The lowest BCUT2D eigenvalue weighted by Crippen LogP contribution is -2.40. The molecule has 11 heteroatoms. The number of amides is 1. The Morgan fingerprint density at radius 3 is 2.42 bits per heavy atom. The maximum absolute atomic E-state index is 12.9. The zero-order valence-electron chi connectivity index (χ0n) is 18.6. The van der Waals surface area contributed by atoms with Crippen molar-refractivity contribution >= 4 is 28.2 Å². The van der Waals surface area contributed by atoms with E-state index in [1.807, 2.05) is 0 Å². The van der Waals surface area contributed by atoms with Gasteiger partial charge in [-0.25, -0.2) is 13.4 Å². The van der Waals surface area contributed by atoms with Gasteiger partial charge < -0.3 is 9.47 Å². The molecule has 1 saturated carbocycles. The predicted octanol–water partition coefficient (Wildman–Crippen LogP) is 3.16. The quantitative estimate of drug-likeness (QED) is 0.505. The van der Waals surface area contributed by atoms with Crippen LogP contribution in [-0.2, 0) is 25.9 Å².